The predicted molar refractivity (Wildman–Crippen MR) is 78.2 cm³/mol. The third kappa shape index (κ3) is 5.06. The molecule has 1 amide bonds. The highest BCUT2D eigenvalue weighted by Crippen LogP contribution is 2.02. The molecule has 0 aromatic heterocycles. The van der Waals surface area contributed by atoms with E-state index in [2.05, 4.69) is 10.5 Å². The van der Waals surface area contributed by atoms with E-state index >= 15 is 0 Å². The molecule has 2 aromatic rings. The number of carbonyl (C=O) groups excluding carboxylic acids is 1. The highest BCUT2D eigenvalue weighted by Gasteiger charge is 2.01. The first-order valence-electron chi connectivity index (χ1n) is 6.46. The average molecular weight is 286 g/mol. The van der Waals surface area contributed by atoms with Crippen LogP contribution in [0.5, 0.6) is 0 Å². The summed E-state index contributed by atoms with van der Waals surface area (Å²) in [6, 6.07) is 15.7. The topological polar surface area (TPSA) is 50.7 Å². The normalized spacial score (nSPS) is 10.5. The lowest BCUT2D eigenvalue weighted by Crippen LogP contribution is -2.26. The lowest BCUT2D eigenvalue weighted by Gasteiger charge is -2.04. The molecule has 0 aliphatic rings. The van der Waals surface area contributed by atoms with Gasteiger partial charge in [0.2, 0.25) is 0 Å². The average Bonchev–Trinajstić information content (AvgIpc) is 2.52. The minimum atomic E-state index is -0.390. The molecule has 0 heterocycles. The van der Waals surface area contributed by atoms with Crippen molar-refractivity contribution < 1.29 is 14.0 Å². The van der Waals surface area contributed by atoms with Crippen LogP contribution in [0.15, 0.2) is 59.8 Å². The first kappa shape index (κ1) is 14.7. The maximum absolute atomic E-state index is 13.3. The van der Waals surface area contributed by atoms with Crippen LogP contribution in [-0.4, -0.2) is 18.7 Å². The molecule has 21 heavy (non-hydrogen) atoms. The van der Waals surface area contributed by atoms with E-state index in [1.807, 2.05) is 30.3 Å². The SMILES string of the molecule is O=C(CO/N=C\c1ccccc1F)NCc1ccccc1. The Balaban J connectivity index is 1.71. The van der Waals surface area contributed by atoms with Gasteiger partial charge in [0.1, 0.15) is 5.82 Å². The Kier molecular flexibility index (Phi) is 5.46. The van der Waals surface area contributed by atoms with Crippen LogP contribution in [0.1, 0.15) is 11.1 Å². The van der Waals surface area contributed by atoms with Crippen LogP contribution in [-0.2, 0) is 16.2 Å². The van der Waals surface area contributed by atoms with Gasteiger partial charge in [-0.15, -0.1) is 0 Å². The minimum absolute atomic E-state index is 0.211. The Hall–Kier alpha value is -2.69. The zero-order valence-corrected chi connectivity index (χ0v) is 11.3. The number of amides is 1. The molecule has 1 N–H and O–H groups in total. The molecule has 0 saturated carbocycles. The summed E-state index contributed by atoms with van der Waals surface area (Å²) in [7, 11) is 0. The molecule has 0 fully saturated rings. The number of hydrogen-bond acceptors (Lipinski definition) is 3. The summed E-state index contributed by atoms with van der Waals surface area (Å²) in [4.78, 5) is 16.3. The number of oxime groups is 1. The van der Waals surface area contributed by atoms with Gasteiger partial charge in [-0.2, -0.15) is 0 Å². The van der Waals surface area contributed by atoms with Gasteiger partial charge in [-0.3, -0.25) is 4.79 Å². The summed E-state index contributed by atoms with van der Waals surface area (Å²) in [6.45, 7) is 0.220. The number of hydrogen-bond donors (Lipinski definition) is 1. The second kappa shape index (κ2) is 7.79. The molecular weight excluding hydrogens is 271 g/mol. The summed E-state index contributed by atoms with van der Waals surface area (Å²) in [6.07, 6.45) is 1.24. The zero-order chi connectivity index (χ0) is 14.9. The van der Waals surface area contributed by atoms with E-state index in [-0.39, 0.29) is 12.5 Å². The van der Waals surface area contributed by atoms with Crippen molar-refractivity contribution in [3.8, 4) is 0 Å². The molecule has 2 aromatic carbocycles. The van der Waals surface area contributed by atoms with Crippen LogP contribution in [0.4, 0.5) is 4.39 Å². The maximum Gasteiger partial charge on any atom is 0.261 e. The molecule has 0 spiro atoms. The molecule has 4 nitrogen and oxygen atoms in total. The fraction of sp³-hybridized carbons (Fsp3) is 0.125. The second-order valence-electron chi connectivity index (χ2n) is 4.29. The van der Waals surface area contributed by atoms with E-state index < -0.39 is 5.82 Å². The molecule has 0 atom stereocenters. The van der Waals surface area contributed by atoms with Crippen molar-refractivity contribution in [3.05, 3.63) is 71.5 Å². The number of benzene rings is 2. The van der Waals surface area contributed by atoms with Gasteiger partial charge < -0.3 is 10.2 Å². The Morgan fingerprint density at radius 2 is 1.86 bits per heavy atom. The number of rotatable bonds is 6. The first-order valence-corrected chi connectivity index (χ1v) is 6.46. The van der Waals surface area contributed by atoms with Gasteiger partial charge in [-0.05, 0) is 11.6 Å². The largest absolute Gasteiger partial charge is 0.386 e. The number of nitrogens with zero attached hydrogens (tertiary/aromatic N) is 1. The number of halogens is 1. The molecule has 0 bridgehead atoms. The lowest BCUT2D eigenvalue weighted by atomic mass is 10.2. The first-order chi connectivity index (χ1) is 10.3. The molecule has 0 aliphatic heterocycles. The van der Waals surface area contributed by atoms with Crippen LogP contribution in [0, 0.1) is 5.82 Å². The predicted octanol–water partition coefficient (Wildman–Crippen LogP) is 2.49. The van der Waals surface area contributed by atoms with Crippen molar-refractivity contribution in [1.82, 2.24) is 5.32 Å². The van der Waals surface area contributed by atoms with E-state index in [1.54, 1.807) is 18.2 Å². The zero-order valence-electron chi connectivity index (χ0n) is 11.3. The van der Waals surface area contributed by atoms with E-state index in [0.29, 0.717) is 12.1 Å². The van der Waals surface area contributed by atoms with Crippen molar-refractivity contribution in [3.63, 3.8) is 0 Å². The fourth-order valence-corrected chi connectivity index (χ4v) is 1.62. The lowest BCUT2D eigenvalue weighted by molar-refractivity contribution is -0.125. The van der Waals surface area contributed by atoms with Crippen molar-refractivity contribution in [2.24, 2.45) is 5.16 Å². The Labute approximate surface area is 122 Å². The number of nitrogens with one attached hydrogen (secondary N) is 1. The smallest absolute Gasteiger partial charge is 0.261 e. The molecule has 0 saturated heterocycles. The van der Waals surface area contributed by atoms with Gasteiger partial charge >= 0.3 is 0 Å². The van der Waals surface area contributed by atoms with Crippen molar-refractivity contribution in [2.45, 2.75) is 6.54 Å². The maximum atomic E-state index is 13.3. The molecule has 0 unspecified atom stereocenters. The second-order valence-corrected chi connectivity index (χ2v) is 4.29. The van der Waals surface area contributed by atoms with Crippen molar-refractivity contribution in [1.29, 1.82) is 0 Å². The Morgan fingerprint density at radius 1 is 1.14 bits per heavy atom. The van der Waals surface area contributed by atoms with Gasteiger partial charge in [-0.1, -0.05) is 53.7 Å². The molecule has 0 aliphatic carbocycles. The van der Waals surface area contributed by atoms with Crippen LogP contribution in [0.25, 0.3) is 0 Å². The summed E-state index contributed by atoms with van der Waals surface area (Å²) in [5.74, 6) is -0.678. The molecule has 2 rings (SSSR count). The molecular formula is C16H15FN2O2. The molecule has 5 heteroatoms. The third-order valence-corrected chi connectivity index (χ3v) is 2.70. The molecule has 108 valence electrons. The van der Waals surface area contributed by atoms with Crippen LogP contribution < -0.4 is 5.32 Å². The van der Waals surface area contributed by atoms with Crippen molar-refractivity contribution >= 4 is 12.1 Å². The standard InChI is InChI=1S/C16H15FN2O2/c17-15-9-5-4-8-14(15)11-19-21-12-16(20)18-10-13-6-2-1-3-7-13/h1-9,11H,10,12H2,(H,18,20)/b19-11-. The molecule has 0 radical (unpaired) electrons. The van der Waals surface area contributed by atoms with Crippen LogP contribution >= 0.6 is 0 Å². The van der Waals surface area contributed by atoms with Gasteiger partial charge in [0.05, 0.1) is 6.21 Å². The summed E-state index contributed by atoms with van der Waals surface area (Å²) in [5.41, 5.74) is 1.31. The monoisotopic (exact) mass is 286 g/mol. The van der Waals surface area contributed by atoms with E-state index in [4.69, 9.17) is 4.84 Å². The van der Waals surface area contributed by atoms with Crippen LogP contribution in [0.3, 0.4) is 0 Å². The minimum Gasteiger partial charge on any atom is -0.386 e. The van der Waals surface area contributed by atoms with E-state index in [0.717, 1.165) is 5.56 Å². The van der Waals surface area contributed by atoms with Gasteiger partial charge in [-0.25, -0.2) is 4.39 Å². The van der Waals surface area contributed by atoms with E-state index in [1.165, 1.54) is 12.3 Å². The fourth-order valence-electron chi connectivity index (χ4n) is 1.62. The summed E-state index contributed by atoms with van der Waals surface area (Å²) >= 11 is 0. The highest BCUT2D eigenvalue weighted by atomic mass is 19.1. The highest BCUT2D eigenvalue weighted by molar-refractivity contribution is 5.80. The number of carbonyl (C=O) groups is 1. The van der Waals surface area contributed by atoms with Gasteiger partial charge in [0, 0.05) is 12.1 Å². The Bertz CT molecular complexity index is 615. The quantitative estimate of drug-likeness (QED) is 0.655. The third-order valence-electron chi connectivity index (χ3n) is 2.70. The summed E-state index contributed by atoms with van der Waals surface area (Å²) < 4.78 is 13.3. The van der Waals surface area contributed by atoms with Crippen LogP contribution in [0.2, 0.25) is 0 Å². The van der Waals surface area contributed by atoms with Gasteiger partial charge in [0.25, 0.3) is 5.91 Å². The summed E-state index contributed by atoms with van der Waals surface area (Å²) in [5, 5.41) is 6.27. The Morgan fingerprint density at radius 3 is 2.62 bits per heavy atom. The van der Waals surface area contributed by atoms with E-state index in [9.17, 15) is 9.18 Å². The van der Waals surface area contributed by atoms with Gasteiger partial charge in [0.15, 0.2) is 6.61 Å². The van der Waals surface area contributed by atoms with Crippen molar-refractivity contribution in [2.75, 3.05) is 6.61 Å².